The number of hydrogen-bond acceptors (Lipinski definition) is 4. The highest BCUT2D eigenvalue weighted by molar-refractivity contribution is 7.20. The van der Waals surface area contributed by atoms with Gasteiger partial charge in [-0.25, -0.2) is 4.98 Å². The second-order valence-corrected chi connectivity index (χ2v) is 9.47. The van der Waals surface area contributed by atoms with Crippen molar-refractivity contribution in [2.45, 2.75) is 43.9 Å². The second-order valence-electron chi connectivity index (χ2n) is 8.38. The maximum Gasteiger partial charge on any atom is 0.433 e. The van der Waals surface area contributed by atoms with Crippen LogP contribution >= 0.6 is 11.3 Å². The van der Waals surface area contributed by atoms with Crippen LogP contribution in [0.2, 0.25) is 0 Å². The first-order valence-electron chi connectivity index (χ1n) is 10.9. The molecular formula is C25H22F3N3OS. The number of anilines is 1. The molecule has 2 aromatic carbocycles. The van der Waals surface area contributed by atoms with E-state index >= 15 is 0 Å². The topological polar surface area (TPSA) is 54.0 Å². The zero-order valence-electron chi connectivity index (χ0n) is 17.7. The molecule has 0 radical (unpaired) electrons. The largest absolute Gasteiger partial charge is 0.433 e. The van der Waals surface area contributed by atoms with Crippen LogP contribution in [0.1, 0.15) is 41.0 Å². The summed E-state index contributed by atoms with van der Waals surface area (Å²) in [5.41, 5.74) is -0.127. The Morgan fingerprint density at radius 1 is 0.939 bits per heavy atom. The number of alkyl halides is 3. The van der Waals surface area contributed by atoms with Gasteiger partial charge in [0.05, 0.1) is 10.4 Å². The van der Waals surface area contributed by atoms with Gasteiger partial charge in [-0.15, -0.1) is 11.3 Å². The Balaban J connectivity index is 1.24. The summed E-state index contributed by atoms with van der Waals surface area (Å²) in [5.74, 6) is -0.0671. The number of nitrogens with zero attached hydrogens (tertiary/aromatic N) is 1. The van der Waals surface area contributed by atoms with Gasteiger partial charge in [-0.2, -0.15) is 13.2 Å². The summed E-state index contributed by atoms with van der Waals surface area (Å²) in [6, 6.07) is 17.9. The second kappa shape index (κ2) is 8.67. The van der Waals surface area contributed by atoms with E-state index in [2.05, 4.69) is 15.6 Å². The molecule has 170 valence electrons. The van der Waals surface area contributed by atoms with Crippen LogP contribution in [0, 0.1) is 0 Å². The summed E-state index contributed by atoms with van der Waals surface area (Å²) < 4.78 is 41.1. The van der Waals surface area contributed by atoms with E-state index in [0.29, 0.717) is 21.5 Å². The number of pyridine rings is 1. The predicted molar refractivity (Wildman–Crippen MR) is 126 cm³/mol. The quantitative estimate of drug-likeness (QED) is 0.353. The molecule has 33 heavy (non-hydrogen) atoms. The third kappa shape index (κ3) is 4.66. The fourth-order valence-corrected chi connectivity index (χ4v) is 5.36. The van der Waals surface area contributed by atoms with Crippen LogP contribution in [-0.2, 0) is 6.18 Å². The lowest BCUT2D eigenvalue weighted by atomic mass is 9.90. The van der Waals surface area contributed by atoms with Crippen molar-refractivity contribution in [3.05, 3.63) is 71.2 Å². The minimum atomic E-state index is -4.50. The third-order valence-electron chi connectivity index (χ3n) is 6.08. The molecule has 2 N–H and O–H groups in total. The number of rotatable bonds is 4. The lowest BCUT2D eigenvalue weighted by molar-refractivity contribution is -0.140. The van der Waals surface area contributed by atoms with Crippen molar-refractivity contribution in [3.8, 4) is 0 Å². The molecule has 0 unspecified atom stereocenters. The molecule has 1 saturated carbocycles. The Morgan fingerprint density at radius 3 is 2.39 bits per heavy atom. The van der Waals surface area contributed by atoms with Crippen LogP contribution in [0.25, 0.3) is 21.0 Å². The molecule has 2 aromatic heterocycles. The van der Waals surface area contributed by atoms with E-state index in [9.17, 15) is 18.0 Å². The van der Waals surface area contributed by atoms with E-state index in [-0.39, 0.29) is 18.0 Å². The average molecular weight is 470 g/mol. The van der Waals surface area contributed by atoms with Crippen LogP contribution in [0.3, 0.4) is 0 Å². The SMILES string of the molecule is O=C(N[C@H]1CC[C@@H](Nc2cc(C(F)(F)F)nc3ccccc23)CC1)c1cc2ccccc2s1. The van der Waals surface area contributed by atoms with Gasteiger partial charge >= 0.3 is 6.18 Å². The van der Waals surface area contributed by atoms with E-state index in [1.807, 2.05) is 30.3 Å². The Hall–Kier alpha value is -3.13. The number of hydrogen-bond donors (Lipinski definition) is 2. The number of nitrogens with one attached hydrogen (secondary N) is 2. The molecule has 8 heteroatoms. The van der Waals surface area contributed by atoms with Gasteiger partial charge in [-0.1, -0.05) is 36.4 Å². The van der Waals surface area contributed by atoms with Crippen LogP contribution < -0.4 is 10.6 Å². The van der Waals surface area contributed by atoms with Crippen molar-refractivity contribution >= 4 is 43.9 Å². The number of benzene rings is 2. The van der Waals surface area contributed by atoms with E-state index in [4.69, 9.17) is 0 Å². The van der Waals surface area contributed by atoms with Gasteiger partial charge in [0.25, 0.3) is 5.91 Å². The molecule has 1 aliphatic rings. The Morgan fingerprint density at radius 2 is 1.64 bits per heavy atom. The first-order chi connectivity index (χ1) is 15.9. The highest BCUT2D eigenvalue weighted by Crippen LogP contribution is 2.34. The molecule has 1 fully saturated rings. The number of thiophene rings is 1. The summed E-state index contributed by atoms with van der Waals surface area (Å²) in [6.45, 7) is 0. The van der Waals surface area contributed by atoms with Gasteiger partial charge in [-0.3, -0.25) is 4.79 Å². The zero-order valence-corrected chi connectivity index (χ0v) is 18.5. The smallest absolute Gasteiger partial charge is 0.382 e. The number of carbonyl (C=O) groups excluding carboxylic acids is 1. The van der Waals surface area contributed by atoms with Gasteiger partial charge in [-0.05, 0) is 55.3 Å². The Bertz CT molecular complexity index is 1280. The Kier molecular flexibility index (Phi) is 5.70. The summed E-state index contributed by atoms with van der Waals surface area (Å²) in [6.07, 6.45) is -1.45. The number of para-hydroxylation sites is 1. The van der Waals surface area contributed by atoms with Crippen molar-refractivity contribution in [2.24, 2.45) is 0 Å². The summed E-state index contributed by atoms with van der Waals surface area (Å²) in [4.78, 5) is 17.2. The van der Waals surface area contributed by atoms with Crippen molar-refractivity contribution < 1.29 is 18.0 Å². The van der Waals surface area contributed by atoms with E-state index in [0.717, 1.165) is 41.8 Å². The highest BCUT2D eigenvalue weighted by atomic mass is 32.1. The van der Waals surface area contributed by atoms with Gasteiger partial charge in [0.15, 0.2) is 0 Å². The predicted octanol–water partition coefficient (Wildman–Crippen LogP) is 6.62. The van der Waals surface area contributed by atoms with Crippen molar-refractivity contribution in [1.82, 2.24) is 10.3 Å². The van der Waals surface area contributed by atoms with Crippen LogP contribution in [0.15, 0.2) is 60.7 Å². The number of carbonyl (C=O) groups is 1. The molecule has 0 spiro atoms. The normalized spacial score (nSPS) is 19.0. The molecule has 2 heterocycles. The van der Waals surface area contributed by atoms with E-state index in [1.54, 1.807) is 24.3 Å². The molecule has 0 atom stereocenters. The molecule has 0 saturated heterocycles. The van der Waals surface area contributed by atoms with Gasteiger partial charge in [0, 0.05) is 27.9 Å². The maximum absolute atomic E-state index is 13.3. The monoisotopic (exact) mass is 469 g/mol. The Labute approximate surface area is 192 Å². The van der Waals surface area contributed by atoms with Crippen molar-refractivity contribution in [1.29, 1.82) is 0 Å². The minimum Gasteiger partial charge on any atom is -0.382 e. The standard InChI is InChI=1S/C25H22F3N3OS/c26-25(27,28)23-14-20(18-6-2-3-7-19(18)31-23)29-16-9-11-17(12-10-16)30-24(32)22-13-15-5-1-4-8-21(15)33-22/h1-8,13-14,16-17H,9-12H2,(H,29,31)(H,30,32)/t16-,17+. The molecule has 4 aromatic rings. The van der Waals surface area contributed by atoms with Crippen LogP contribution in [-0.4, -0.2) is 23.0 Å². The zero-order chi connectivity index (χ0) is 23.0. The fraction of sp³-hybridized carbons (Fsp3) is 0.280. The summed E-state index contributed by atoms with van der Waals surface area (Å²) in [5, 5.41) is 8.16. The minimum absolute atomic E-state index is 0.0365. The number of fused-ring (bicyclic) bond motifs is 2. The third-order valence-corrected chi connectivity index (χ3v) is 7.19. The number of halogens is 3. The summed E-state index contributed by atoms with van der Waals surface area (Å²) >= 11 is 1.48. The van der Waals surface area contributed by atoms with Crippen LogP contribution in [0.4, 0.5) is 18.9 Å². The van der Waals surface area contributed by atoms with E-state index < -0.39 is 11.9 Å². The van der Waals surface area contributed by atoms with Gasteiger partial charge in [0.1, 0.15) is 5.69 Å². The number of amides is 1. The fourth-order valence-electron chi connectivity index (χ4n) is 4.39. The maximum atomic E-state index is 13.3. The van der Waals surface area contributed by atoms with Gasteiger partial charge < -0.3 is 10.6 Å². The highest BCUT2D eigenvalue weighted by Gasteiger charge is 2.34. The first kappa shape index (κ1) is 21.7. The lowest BCUT2D eigenvalue weighted by Crippen LogP contribution is -2.40. The summed E-state index contributed by atoms with van der Waals surface area (Å²) in [7, 11) is 0. The molecule has 5 rings (SSSR count). The lowest BCUT2D eigenvalue weighted by Gasteiger charge is -2.30. The molecule has 1 amide bonds. The van der Waals surface area contributed by atoms with Crippen LogP contribution in [0.5, 0.6) is 0 Å². The molecule has 0 aliphatic heterocycles. The van der Waals surface area contributed by atoms with Crippen molar-refractivity contribution in [2.75, 3.05) is 5.32 Å². The molecule has 0 bridgehead atoms. The van der Waals surface area contributed by atoms with E-state index in [1.165, 1.54) is 11.3 Å². The first-order valence-corrected chi connectivity index (χ1v) is 11.7. The molecule has 1 aliphatic carbocycles. The number of aromatic nitrogens is 1. The van der Waals surface area contributed by atoms with Crippen molar-refractivity contribution in [3.63, 3.8) is 0 Å². The molecular weight excluding hydrogens is 447 g/mol. The average Bonchev–Trinajstić information content (AvgIpc) is 3.24. The molecule has 4 nitrogen and oxygen atoms in total. The van der Waals surface area contributed by atoms with Gasteiger partial charge in [0.2, 0.25) is 0 Å².